The molecule has 2 rings (SSSR count). The van der Waals surface area contributed by atoms with Crippen LogP contribution in [0.3, 0.4) is 0 Å². The van der Waals surface area contributed by atoms with Crippen molar-refractivity contribution >= 4 is 0 Å². The zero-order chi connectivity index (χ0) is 13.7. The zero-order valence-electron chi connectivity index (χ0n) is 11.9. The van der Waals surface area contributed by atoms with Crippen LogP contribution in [0.4, 0.5) is 0 Å². The van der Waals surface area contributed by atoms with Crippen molar-refractivity contribution in [1.82, 2.24) is 0 Å². The van der Waals surface area contributed by atoms with Gasteiger partial charge in [0.05, 0.1) is 12.7 Å². The van der Waals surface area contributed by atoms with Gasteiger partial charge in [0.1, 0.15) is 12.4 Å². The Bertz CT molecular complexity index is 401. The maximum Gasteiger partial charge on any atom is 0.122 e. The van der Waals surface area contributed by atoms with Gasteiger partial charge in [-0.25, -0.2) is 0 Å². The Balaban J connectivity index is 1.89. The monoisotopic (exact) mass is 264 g/mol. The Morgan fingerprint density at radius 2 is 2.16 bits per heavy atom. The van der Waals surface area contributed by atoms with Crippen LogP contribution in [0.2, 0.25) is 0 Å². The molecule has 1 N–H and O–H groups in total. The van der Waals surface area contributed by atoms with E-state index >= 15 is 0 Å². The molecule has 1 unspecified atom stereocenters. The maximum absolute atomic E-state index is 9.98. The summed E-state index contributed by atoms with van der Waals surface area (Å²) in [5.41, 5.74) is 2.21. The lowest BCUT2D eigenvalue weighted by Gasteiger charge is -2.23. The molecule has 1 aliphatic rings. The first kappa shape index (κ1) is 14.4. The summed E-state index contributed by atoms with van der Waals surface area (Å²) in [6, 6.07) is 5.94. The van der Waals surface area contributed by atoms with E-state index in [0.717, 1.165) is 37.2 Å². The topological polar surface area (TPSA) is 38.7 Å². The van der Waals surface area contributed by atoms with E-state index < -0.39 is 0 Å². The van der Waals surface area contributed by atoms with Gasteiger partial charge >= 0.3 is 0 Å². The van der Waals surface area contributed by atoms with Gasteiger partial charge in [0.25, 0.3) is 0 Å². The molecule has 19 heavy (non-hydrogen) atoms. The van der Waals surface area contributed by atoms with Crippen molar-refractivity contribution in [2.75, 3.05) is 19.8 Å². The summed E-state index contributed by atoms with van der Waals surface area (Å²) in [4.78, 5) is 0. The highest BCUT2D eigenvalue weighted by molar-refractivity contribution is 5.42. The summed E-state index contributed by atoms with van der Waals surface area (Å²) in [5.74, 6) is 1.46. The third-order valence-electron chi connectivity index (χ3n) is 3.37. The van der Waals surface area contributed by atoms with Gasteiger partial charge in [-0.3, -0.25) is 0 Å². The van der Waals surface area contributed by atoms with Crippen LogP contribution in [0.25, 0.3) is 0 Å². The third-order valence-corrected chi connectivity index (χ3v) is 3.37. The summed E-state index contributed by atoms with van der Waals surface area (Å²) in [7, 11) is 0. The minimum atomic E-state index is -0.329. The lowest BCUT2D eigenvalue weighted by atomic mass is 9.89. The van der Waals surface area contributed by atoms with E-state index in [1.807, 2.05) is 18.2 Å². The van der Waals surface area contributed by atoms with E-state index in [1.165, 1.54) is 5.56 Å². The third kappa shape index (κ3) is 3.95. The Morgan fingerprint density at radius 1 is 1.32 bits per heavy atom. The molecule has 3 nitrogen and oxygen atoms in total. The van der Waals surface area contributed by atoms with Crippen molar-refractivity contribution in [2.24, 2.45) is 5.92 Å². The fourth-order valence-electron chi connectivity index (χ4n) is 2.45. The molecule has 3 heteroatoms. The first-order valence-corrected chi connectivity index (χ1v) is 7.19. The molecular formula is C16H24O3. The summed E-state index contributed by atoms with van der Waals surface area (Å²) in [6.45, 7) is 6.23. The van der Waals surface area contributed by atoms with Crippen LogP contribution >= 0.6 is 0 Å². The van der Waals surface area contributed by atoms with E-state index in [4.69, 9.17) is 9.47 Å². The van der Waals surface area contributed by atoms with E-state index in [1.54, 1.807) is 0 Å². The van der Waals surface area contributed by atoms with Crippen LogP contribution in [-0.2, 0) is 11.2 Å². The highest BCUT2D eigenvalue weighted by Gasteiger charge is 2.20. The molecule has 0 fully saturated rings. The Hall–Kier alpha value is -1.06. The molecule has 0 aromatic heterocycles. The second-order valence-corrected chi connectivity index (χ2v) is 5.55. The molecule has 0 heterocycles. The second kappa shape index (κ2) is 6.92. The number of fused-ring (bicyclic) bond motifs is 1. The first-order chi connectivity index (χ1) is 9.18. The largest absolute Gasteiger partial charge is 0.491 e. The van der Waals surface area contributed by atoms with Gasteiger partial charge < -0.3 is 14.6 Å². The van der Waals surface area contributed by atoms with Crippen molar-refractivity contribution < 1.29 is 14.6 Å². The molecule has 1 aromatic rings. The van der Waals surface area contributed by atoms with Gasteiger partial charge in [-0.05, 0) is 42.4 Å². The molecule has 0 amide bonds. The number of hydrogen-bond acceptors (Lipinski definition) is 3. The minimum absolute atomic E-state index is 0.329. The lowest BCUT2D eigenvalue weighted by molar-refractivity contribution is 0.0812. The van der Waals surface area contributed by atoms with E-state index in [0.29, 0.717) is 19.1 Å². The maximum atomic E-state index is 9.98. The number of ether oxygens (including phenoxy) is 2. The molecule has 0 bridgehead atoms. The highest BCUT2D eigenvalue weighted by atomic mass is 16.5. The van der Waals surface area contributed by atoms with E-state index in [-0.39, 0.29) is 6.10 Å². The van der Waals surface area contributed by atoms with Gasteiger partial charge in [0.2, 0.25) is 0 Å². The van der Waals surface area contributed by atoms with Gasteiger partial charge in [-0.2, -0.15) is 0 Å². The molecule has 106 valence electrons. The average Bonchev–Trinajstić information content (AvgIpc) is 2.39. The normalized spacial score (nSPS) is 18.4. The van der Waals surface area contributed by atoms with Crippen LogP contribution in [-0.4, -0.2) is 24.9 Å². The fraction of sp³-hybridized carbons (Fsp3) is 0.625. The predicted octanol–water partition coefficient (Wildman–Crippen LogP) is 3.11. The quantitative estimate of drug-likeness (QED) is 0.802. The fourth-order valence-corrected chi connectivity index (χ4v) is 2.45. The van der Waals surface area contributed by atoms with Gasteiger partial charge in [-0.15, -0.1) is 0 Å². The Labute approximate surface area is 115 Å². The highest BCUT2D eigenvalue weighted by Crippen LogP contribution is 2.35. The standard InChI is InChI=1S/C16H24O3/c1-12(2)11-18-9-10-19-16-8-4-5-13-14(16)6-3-7-15(13)17/h4-5,8,12,15,17H,3,6-7,9-11H2,1-2H3. The van der Waals surface area contributed by atoms with Crippen molar-refractivity contribution in [2.45, 2.75) is 39.2 Å². The van der Waals surface area contributed by atoms with Crippen LogP contribution in [0.5, 0.6) is 5.75 Å². The van der Waals surface area contributed by atoms with Crippen LogP contribution < -0.4 is 4.74 Å². The number of benzene rings is 1. The van der Waals surface area contributed by atoms with Crippen molar-refractivity contribution in [1.29, 1.82) is 0 Å². The van der Waals surface area contributed by atoms with Gasteiger partial charge in [0, 0.05) is 6.61 Å². The summed E-state index contributed by atoms with van der Waals surface area (Å²) in [5, 5.41) is 9.98. The summed E-state index contributed by atoms with van der Waals surface area (Å²) >= 11 is 0. The molecule has 0 saturated heterocycles. The molecular weight excluding hydrogens is 240 g/mol. The SMILES string of the molecule is CC(C)COCCOc1cccc2c1CCCC2O. The predicted molar refractivity (Wildman–Crippen MR) is 75.5 cm³/mol. The smallest absolute Gasteiger partial charge is 0.122 e. The van der Waals surface area contributed by atoms with Crippen molar-refractivity contribution in [3.8, 4) is 5.75 Å². The van der Waals surface area contributed by atoms with E-state index in [9.17, 15) is 5.11 Å². The van der Waals surface area contributed by atoms with Gasteiger partial charge in [-0.1, -0.05) is 26.0 Å². The molecule has 0 saturated carbocycles. The van der Waals surface area contributed by atoms with Crippen molar-refractivity contribution in [3.05, 3.63) is 29.3 Å². The molecule has 0 spiro atoms. The number of aliphatic hydroxyl groups excluding tert-OH is 1. The van der Waals surface area contributed by atoms with Crippen LogP contribution in [0, 0.1) is 5.92 Å². The molecule has 0 radical (unpaired) electrons. The number of rotatable bonds is 6. The van der Waals surface area contributed by atoms with Crippen LogP contribution in [0.15, 0.2) is 18.2 Å². The number of aliphatic hydroxyl groups is 1. The second-order valence-electron chi connectivity index (χ2n) is 5.55. The molecule has 0 aliphatic heterocycles. The first-order valence-electron chi connectivity index (χ1n) is 7.19. The van der Waals surface area contributed by atoms with Crippen LogP contribution in [0.1, 0.15) is 43.9 Å². The Kier molecular flexibility index (Phi) is 5.23. The summed E-state index contributed by atoms with van der Waals surface area (Å²) < 4.78 is 11.3. The van der Waals surface area contributed by atoms with E-state index in [2.05, 4.69) is 13.8 Å². The number of hydrogen-bond donors (Lipinski definition) is 1. The van der Waals surface area contributed by atoms with Gasteiger partial charge in [0.15, 0.2) is 0 Å². The zero-order valence-corrected chi connectivity index (χ0v) is 11.9. The molecule has 1 aromatic carbocycles. The molecule has 1 aliphatic carbocycles. The summed E-state index contributed by atoms with van der Waals surface area (Å²) in [6.07, 6.45) is 2.55. The minimum Gasteiger partial charge on any atom is -0.491 e. The van der Waals surface area contributed by atoms with Crippen molar-refractivity contribution in [3.63, 3.8) is 0 Å². The lowest BCUT2D eigenvalue weighted by Crippen LogP contribution is -2.14. The Morgan fingerprint density at radius 3 is 2.95 bits per heavy atom. The molecule has 1 atom stereocenters. The average molecular weight is 264 g/mol.